The van der Waals surface area contributed by atoms with E-state index < -0.39 is 6.03 Å². The number of pyridine rings is 1. The fourth-order valence-corrected chi connectivity index (χ4v) is 3.87. The number of urea groups is 1. The van der Waals surface area contributed by atoms with Gasteiger partial charge in [-0.3, -0.25) is 20.1 Å². The van der Waals surface area contributed by atoms with Gasteiger partial charge in [0, 0.05) is 43.5 Å². The van der Waals surface area contributed by atoms with Gasteiger partial charge < -0.3 is 20.3 Å². The number of anilines is 3. The zero-order valence-corrected chi connectivity index (χ0v) is 20.0. The van der Waals surface area contributed by atoms with E-state index in [0.717, 1.165) is 29.1 Å². The topological polar surface area (TPSA) is 121 Å². The Hall–Kier alpha value is -4.05. The van der Waals surface area contributed by atoms with Gasteiger partial charge in [-0.2, -0.15) is 0 Å². The number of nitrogens with zero attached hydrogens (tertiary/aromatic N) is 4. The Bertz CT molecular complexity index is 1200. The normalized spacial score (nSPS) is 15.4. The molecule has 3 heterocycles. The first-order valence-electron chi connectivity index (χ1n) is 11.4. The summed E-state index contributed by atoms with van der Waals surface area (Å²) in [4.78, 5) is 38.8. The second kappa shape index (κ2) is 10.9. The fourth-order valence-electron chi connectivity index (χ4n) is 3.87. The number of ether oxygens (including phenoxy) is 1. The second-order valence-electron chi connectivity index (χ2n) is 8.43. The molecular formula is C25H29N7O3. The van der Waals surface area contributed by atoms with E-state index in [9.17, 15) is 9.59 Å². The van der Waals surface area contributed by atoms with Gasteiger partial charge in [-0.25, -0.2) is 9.78 Å². The summed E-state index contributed by atoms with van der Waals surface area (Å²) in [7, 11) is 0. The van der Waals surface area contributed by atoms with E-state index in [1.807, 2.05) is 19.1 Å². The lowest BCUT2D eigenvalue weighted by Crippen LogP contribution is -2.47. The van der Waals surface area contributed by atoms with Crippen molar-refractivity contribution in [2.75, 3.05) is 41.8 Å². The number of hydrogen-bond donors (Lipinski definition) is 3. The molecule has 1 aliphatic heterocycles. The van der Waals surface area contributed by atoms with Crippen LogP contribution < -0.4 is 20.9 Å². The van der Waals surface area contributed by atoms with Gasteiger partial charge in [0.05, 0.1) is 42.7 Å². The van der Waals surface area contributed by atoms with Crippen molar-refractivity contribution in [2.24, 2.45) is 0 Å². The van der Waals surface area contributed by atoms with Crippen molar-refractivity contribution in [3.8, 4) is 11.3 Å². The van der Waals surface area contributed by atoms with Crippen LogP contribution in [0, 0.1) is 13.8 Å². The molecule has 0 aliphatic carbocycles. The lowest BCUT2D eigenvalue weighted by Gasteiger charge is -2.35. The first kappa shape index (κ1) is 24.1. The van der Waals surface area contributed by atoms with Crippen molar-refractivity contribution < 1.29 is 14.3 Å². The van der Waals surface area contributed by atoms with E-state index in [-0.39, 0.29) is 12.0 Å². The number of aromatic nitrogens is 3. The van der Waals surface area contributed by atoms with Gasteiger partial charge in [0.25, 0.3) is 0 Å². The molecule has 1 fully saturated rings. The highest BCUT2D eigenvalue weighted by Crippen LogP contribution is 2.27. The van der Waals surface area contributed by atoms with Gasteiger partial charge in [0.2, 0.25) is 5.91 Å². The van der Waals surface area contributed by atoms with Crippen molar-refractivity contribution in [3.63, 3.8) is 0 Å². The molecule has 2 aromatic heterocycles. The zero-order chi connectivity index (χ0) is 24.8. The highest BCUT2D eigenvalue weighted by Gasteiger charge is 2.22. The first-order chi connectivity index (χ1) is 16.9. The predicted molar refractivity (Wildman–Crippen MR) is 134 cm³/mol. The predicted octanol–water partition coefficient (Wildman–Crippen LogP) is 3.14. The van der Waals surface area contributed by atoms with Crippen LogP contribution in [-0.2, 0) is 9.53 Å². The van der Waals surface area contributed by atoms with E-state index in [2.05, 4.69) is 54.9 Å². The smallest absolute Gasteiger partial charge is 0.324 e. The Morgan fingerprint density at radius 3 is 2.71 bits per heavy atom. The molecule has 1 atom stereocenters. The third-order valence-electron chi connectivity index (χ3n) is 5.60. The number of carbonyl (C=O) groups excluding carboxylic acids is 2. The molecule has 182 valence electrons. The van der Waals surface area contributed by atoms with Gasteiger partial charge in [-0.05, 0) is 43.7 Å². The molecule has 3 N–H and O–H groups in total. The maximum Gasteiger partial charge on any atom is 0.324 e. The van der Waals surface area contributed by atoms with Gasteiger partial charge in [0.1, 0.15) is 0 Å². The summed E-state index contributed by atoms with van der Waals surface area (Å²) in [5.41, 5.74) is 5.21. The minimum Gasteiger partial charge on any atom is -0.373 e. The molecular weight excluding hydrogens is 446 g/mol. The molecule has 0 saturated carbocycles. The number of morpholine rings is 1. The Kier molecular flexibility index (Phi) is 7.51. The SMILES string of the molecule is CC(=O)NCC1CN(c2ccc(-c3cncc(NC(=O)Nc4ccc(C)nc4)n3)cc2C)CCO1. The molecule has 0 bridgehead atoms. The molecule has 10 nitrogen and oxygen atoms in total. The fraction of sp³-hybridized carbons (Fsp3) is 0.320. The number of amides is 3. The quantitative estimate of drug-likeness (QED) is 0.501. The Morgan fingerprint density at radius 2 is 1.97 bits per heavy atom. The molecule has 3 aromatic rings. The van der Waals surface area contributed by atoms with E-state index in [1.54, 1.807) is 18.5 Å². The molecule has 3 amide bonds. The van der Waals surface area contributed by atoms with Crippen LogP contribution in [0.2, 0.25) is 0 Å². The van der Waals surface area contributed by atoms with Gasteiger partial charge in [0.15, 0.2) is 5.82 Å². The van der Waals surface area contributed by atoms with Crippen molar-refractivity contribution >= 4 is 29.1 Å². The lowest BCUT2D eigenvalue weighted by atomic mass is 10.1. The number of carbonyl (C=O) groups is 2. The maximum atomic E-state index is 12.3. The van der Waals surface area contributed by atoms with Crippen LogP contribution in [0.25, 0.3) is 11.3 Å². The number of aryl methyl sites for hydroxylation is 2. The van der Waals surface area contributed by atoms with Crippen molar-refractivity contribution in [3.05, 3.63) is 60.2 Å². The largest absolute Gasteiger partial charge is 0.373 e. The first-order valence-corrected chi connectivity index (χ1v) is 11.4. The maximum absolute atomic E-state index is 12.3. The summed E-state index contributed by atoms with van der Waals surface area (Å²) in [5.74, 6) is 0.282. The van der Waals surface area contributed by atoms with Crippen LogP contribution in [0.1, 0.15) is 18.2 Å². The number of hydrogen-bond acceptors (Lipinski definition) is 7. The minimum atomic E-state index is -0.422. The zero-order valence-electron chi connectivity index (χ0n) is 20.0. The van der Waals surface area contributed by atoms with Crippen molar-refractivity contribution in [1.82, 2.24) is 20.3 Å². The van der Waals surface area contributed by atoms with E-state index in [4.69, 9.17) is 4.74 Å². The standard InChI is InChI=1S/C25H29N7O3/c1-16-10-19(5-7-23(16)32-8-9-35-21(15-32)12-28-18(3)33)22-13-26-14-24(30-22)31-25(34)29-20-6-4-17(2)27-11-20/h4-7,10-11,13-14,21H,8-9,12,15H2,1-3H3,(H,28,33)(H2,29,30,31,34). The summed E-state index contributed by atoms with van der Waals surface area (Å²) in [6, 6.07) is 9.29. The molecule has 1 aromatic carbocycles. The third kappa shape index (κ3) is 6.51. The highest BCUT2D eigenvalue weighted by molar-refractivity contribution is 5.99. The molecule has 35 heavy (non-hydrogen) atoms. The molecule has 1 aliphatic rings. The Labute approximate surface area is 204 Å². The van der Waals surface area contributed by atoms with E-state index in [1.165, 1.54) is 13.1 Å². The van der Waals surface area contributed by atoms with Gasteiger partial charge >= 0.3 is 6.03 Å². The highest BCUT2D eigenvalue weighted by atomic mass is 16.5. The van der Waals surface area contributed by atoms with Crippen LogP contribution in [0.5, 0.6) is 0 Å². The van der Waals surface area contributed by atoms with Crippen molar-refractivity contribution in [2.45, 2.75) is 26.9 Å². The number of rotatable bonds is 6. The summed E-state index contributed by atoms with van der Waals surface area (Å²) >= 11 is 0. The number of benzene rings is 1. The average Bonchev–Trinajstić information content (AvgIpc) is 2.84. The van der Waals surface area contributed by atoms with Crippen LogP contribution in [0.3, 0.4) is 0 Å². The average molecular weight is 476 g/mol. The van der Waals surface area contributed by atoms with Crippen LogP contribution >= 0.6 is 0 Å². The van der Waals surface area contributed by atoms with Crippen LogP contribution in [0.4, 0.5) is 22.0 Å². The molecule has 0 radical (unpaired) electrons. The Morgan fingerprint density at radius 1 is 1.11 bits per heavy atom. The molecule has 1 unspecified atom stereocenters. The lowest BCUT2D eigenvalue weighted by molar-refractivity contribution is -0.119. The third-order valence-corrected chi connectivity index (χ3v) is 5.60. The van der Waals surface area contributed by atoms with Crippen LogP contribution in [0.15, 0.2) is 48.9 Å². The summed E-state index contributed by atoms with van der Waals surface area (Å²) in [6.45, 7) is 8.01. The summed E-state index contributed by atoms with van der Waals surface area (Å²) in [5, 5.41) is 8.27. The Balaban J connectivity index is 1.42. The molecule has 0 spiro atoms. The van der Waals surface area contributed by atoms with Crippen LogP contribution in [-0.4, -0.2) is 59.2 Å². The summed E-state index contributed by atoms with van der Waals surface area (Å²) in [6.07, 6.45) is 4.71. The van der Waals surface area contributed by atoms with Crippen molar-refractivity contribution in [1.29, 1.82) is 0 Å². The molecule has 1 saturated heterocycles. The second-order valence-corrected chi connectivity index (χ2v) is 8.43. The van der Waals surface area contributed by atoms with Gasteiger partial charge in [-0.15, -0.1) is 0 Å². The monoisotopic (exact) mass is 475 g/mol. The summed E-state index contributed by atoms with van der Waals surface area (Å²) < 4.78 is 5.78. The molecule has 4 rings (SSSR count). The van der Waals surface area contributed by atoms with E-state index in [0.29, 0.717) is 36.9 Å². The minimum absolute atomic E-state index is 0.0535. The van der Waals surface area contributed by atoms with Gasteiger partial charge in [-0.1, -0.05) is 6.07 Å². The molecule has 10 heteroatoms. The number of nitrogens with one attached hydrogen (secondary N) is 3. The van der Waals surface area contributed by atoms with E-state index >= 15 is 0 Å².